The van der Waals surface area contributed by atoms with Crippen molar-refractivity contribution in [3.8, 4) is 0 Å². The maximum absolute atomic E-state index is 13.1. The minimum atomic E-state index is -1.63. The first-order chi connectivity index (χ1) is 9.99. The van der Waals surface area contributed by atoms with Gasteiger partial charge in [-0.2, -0.15) is 0 Å². The molecule has 0 aromatic heterocycles. The molecule has 0 fully saturated rings. The van der Waals surface area contributed by atoms with Crippen molar-refractivity contribution in [1.29, 1.82) is 0 Å². The van der Waals surface area contributed by atoms with Gasteiger partial charge in [0.05, 0.1) is 13.2 Å². The maximum atomic E-state index is 13.1. The van der Waals surface area contributed by atoms with Gasteiger partial charge >= 0.3 is 11.9 Å². The van der Waals surface area contributed by atoms with Crippen LogP contribution in [0.2, 0.25) is 0 Å². The molecule has 0 amide bonds. The molecule has 1 aromatic rings. The Morgan fingerprint density at radius 2 is 1.67 bits per heavy atom. The zero-order valence-corrected chi connectivity index (χ0v) is 11.9. The first kappa shape index (κ1) is 16.8. The molecule has 1 rings (SSSR count). The van der Waals surface area contributed by atoms with E-state index in [1.54, 1.807) is 13.8 Å². The second-order valence-corrected chi connectivity index (χ2v) is 4.21. The van der Waals surface area contributed by atoms with Crippen LogP contribution >= 0.6 is 0 Å². The highest BCUT2D eigenvalue weighted by molar-refractivity contribution is 6.15. The number of ether oxygens (including phenoxy) is 2. The quantitative estimate of drug-likeness (QED) is 0.565. The predicted molar refractivity (Wildman–Crippen MR) is 71.9 cm³/mol. The van der Waals surface area contributed by atoms with Crippen molar-refractivity contribution in [3.63, 3.8) is 0 Å². The van der Waals surface area contributed by atoms with E-state index in [0.717, 1.165) is 0 Å². The number of hydrogen-bond acceptors (Lipinski definition) is 5. The number of esters is 2. The Hall–Kier alpha value is -2.24. The van der Waals surface area contributed by atoms with E-state index >= 15 is 0 Å². The zero-order valence-electron chi connectivity index (χ0n) is 11.9. The van der Waals surface area contributed by atoms with Crippen molar-refractivity contribution in [2.45, 2.75) is 20.3 Å². The summed E-state index contributed by atoms with van der Waals surface area (Å²) in [5.41, 5.74) is 0.374. The van der Waals surface area contributed by atoms with Crippen molar-refractivity contribution in [1.82, 2.24) is 0 Å². The molecule has 0 spiro atoms. The normalized spacial score (nSPS) is 10.3. The molecule has 0 bridgehead atoms. The Morgan fingerprint density at radius 3 is 2.14 bits per heavy atom. The largest absolute Gasteiger partial charge is 0.465 e. The Bertz CT molecular complexity index is 509. The summed E-state index contributed by atoms with van der Waals surface area (Å²) in [4.78, 5) is 35.6. The monoisotopic (exact) mass is 296 g/mol. The van der Waals surface area contributed by atoms with Crippen molar-refractivity contribution in [2.24, 2.45) is 5.92 Å². The standard InChI is InChI=1S/C15H17FO5/c1-3-20-14(18)13(15(19)21-4-2)12(17)9-10-6-5-7-11(16)8-10/h5-8,13H,3-4,9H2,1-2H3. The number of hydrogen-bond donors (Lipinski definition) is 0. The van der Waals surface area contributed by atoms with Gasteiger partial charge in [0.15, 0.2) is 5.78 Å². The Kier molecular flexibility index (Phi) is 6.52. The van der Waals surface area contributed by atoms with Crippen LogP contribution in [-0.4, -0.2) is 30.9 Å². The highest BCUT2D eigenvalue weighted by Crippen LogP contribution is 2.12. The van der Waals surface area contributed by atoms with E-state index in [4.69, 9.17) is 9.47 Å². The van der Waals surface area contributed by atoms with E-state index in [9.17, 15) is 18.8 Å². The molecule has 0 aliphatic rings. The number of carbonyl (C=O) groups is 3. The van der Waals surface area contributed by atoms with Gasteiger partial charge in [0.2, 0.25) is 5.92 Å². The van der Waals surface area contributed by atoms with Gasteiger partial charge in [0.1, 0.15) is 5.82 Å². The van der Waals surface area contributed by atoms with E-state index in [1.165, 1.54) is 24.3 Å². The second-order valence-electron chi connectivity index (χ2n) is 4.21. The molecule has 6 heteroatoms. The maximum Gasteiger partial charge on any atom is 0.328 e. The summed E-state index contributed by atoms with van der Waals surface area (Å²) >= 11 is 0. The topological polar surface area (TPSA) is 69.7 Å². The molecule has 0 unspecified atom stereocenters. The molecule has 0 aliphatic heterocycles. The highest BCUT2D eigenvalue weighted by Gasteiger charge is 2.36. The SMILES string of the molecule is CCOC(=O)C(C(=O)Cc1cccc(F)c1)C(=O)OCC. The summed E-state index contributed by atoms with van der Waals surface area (Å²) in [5, 5.41) is 0. The highest BCUT2D eigenvalue weighted by atomic mass is 19.1. The smallest absolute Gasteiger partial charge is 0.328 e. The van der Waals surface area contributed by atoms with Gasteiger partial charge < -0.3 is 9.47 Å². The molecule has 5 nitrogen and oxygen atoms in total. The number of benzene rings is 1. The molecular formula is C15H17FO5. The zero-order chi connectivity index (χ0) is 15.8. The molecule has 0 aliphatic carbocycles. The summed E-state index contributed by atoms with van der Waals surface area (Å²) in [7, 11) is 0. The third kappa shape index (κ3) is 4.98. The van der Waals surface area contributed by atoms with Crippen molar-refractivity contribution >= 4 is 17.7 Å². The number of Topliss-reactive ketones (excluding diaryl/α,β-unsaturated/α-hetero) is 1. The molecule has 0 atom stereocenters. The average Bonchev–Trinajstić information content (AvgIpc) is 2.39. The fourth-order valence-corrected chi connectivity index (χ4v) is 1.76. The third-order valence-electron chi connectivity index (χ3n) is 2.63. The summed E-state index contributed by atoms with van der Waals surface area (Å²) in [5.74, 6) is -4.70. The molecule has 1 aromatic carbocycles. The minimum absolute atomic E-state index is 0.0436. The second kappa shape index (κ2) is 8.14. The lowest BCUT2D eigenvalue weighted by Gasteiger charge is -2.13. The van der Waals surface area contributed by atoms with Gasteiger partial charge in [0.25, 0.3) is 0 Å². The van der Waals surface area contributed by atoms with Crippen LogP contribution in [0.25, 0.3) is 0 Å². The van der Waals surface area contributed by atoms with E-state index in [1.807, 2.05) is 0 Å². The Morgan fingerprint density at radius 1 is 1.10 bits per heavy atom. The lowest BCUT2D eigenvalue weighted by atomic mass is 9.98. The lowest BCUT2D eigenvalue weighted by Crippen LogP contribution is -2.35. The minimum Gasteiger partial charge on any atom is -0.465 e. The van der Waals surface area contributed by atoms with Gasteiger partial charge in [-0.3, -0.25) is 14.4 Å². The summed E-state index contributed by atoms with van der Waals surface area (Å²) in [6.07, 6.45) is -0.250. The van der Waals surface area contributed by atoms with Gasteiger partial charge in [-0.1, -0.05) is 12.1 Å². The third-order valence-corrected chi connectivity index (χ3v) is 2.63. The van der Waals surface area contributed by atoms with Gasteiger partial charge in [0, 0.05) is 6.42 Å². The van der Waals surface area contributed by atoms with Gasteiger partial charge in [-0.05, 0) is 31.5 Å². The van der Waals surface area contributed by atoms with Crippen LogP contribution in [0.15, 0.2) is 24.3 Å². The summed E-state index contributed by atoms with van der Waals surface area (Å²) in [6, 6.07) is 5.39. The van der Waals surface area contributed by atoms with Gasteiger partial charge in [-0.15, -0.1) is 0 Å². The Balaban J connectivity index is 2.89. The molecule has 0 N–H and O–H groups in total. The van der Waals surface area contributed by atoms with E-state index in [2.05, 4.69) is 0 Å². The number of rotatable bonds is 7. The van der Waals surface area contributed by atoms with Crippen LogP contribution < -0.4 is 0 Å². The lowest BCUT2D eigenvalue weighted by molar-refractivity contribution is -0.163. The van der Waals surface area contributed by atoms with E-state index in [-0.39, 0.29) is 19.6 Å². The van der Waals surface area contributed by atoms with E-state index < -0.39 is 29.5 Å². The number of halogens is 1. The summed E-state index contributed by atoms with van der Waals surface area (Å²) < 4.78 is 22.5. The molecule has 0 radical (unpaired) electrons. The average molecular weight is 296 g/mol. The fraction of sp³-hybridized carbons (Fsp3) is 0.400. The van der Waals surface area contributed by atoms with Crippen molar-refractivity contribution in [3.05, 3.63) is 35.6 Å². The molecular weight excluding hydrogens is 279 g/mol. The molecule has 0 saturated heterocycles. The van der Waals surface area contributed by atoms with E-state index in [0.29, 0.717) is 5.56 Å². The van der Waals surface area contributed by atoms with Crippen LogP contribution in [0.3, 0.4) is 0 Å². The van der Waals surface area contributed by atoms with Crippen LogP contribution in [0.5, 0.6) is 0 Å². The van der Waals surface area contributed by atoms with Crippen LogP contribution in [0.1, 0.15) is 19.4 Å². The Labute approximate surface area is 122 Å². The van der Waals surface area contributed by atoms with Crippen molar-refractivity contribution in [2.75, 3.05) is 13.2 Å². The summed E-state index contributed by atoms with van der Waals surface area (Å²) in [6.45, 7) is 3.22. The number of carbonyl (C=O) groups excluding carboxylic acids is 3. The predicted octanol–water partition coefficient (Wildman–Crippen LogP) is 1.68. The fourth-order valence-electron chi connectivity index (χ4n) is 1.76. The van der Waals surface area contributed by atoms with Gasteiger partial charge in [-0.25, -0.2) is 4.39 Å². The van der Waals surface area contributed by atoms with Crippen molar-refractivity contribution < 1.29 is 28.2 Å². The molecule has 114 valence electrons. The van der Waals surface area contributed by atoms with Crippen LogP contribution in [0, 0.1) is 11.7 Å². The molecule has 0 saturated carbocycles. The first-order valence-corrected chi connectivity index (χ1v) is 6.60. The molecule has 0 heterocycles. The number of ketones is 1. The first-order valence-electron chi connectivity index (χ1n) is 6.60. The molecule has 21 heavy (non-hydrogen) atoms. The van der Waals surface area contributed by atoms with Crippen LogP contribution in [-0.2, 0) is 30.3 Å². The van der Waals surface area contributed by atoms with Crippen LogP contribution in [0.4, 0.5) is 4.39 Å².